The molecule has 1 aromatic heterocycles. The smallest absolute Gasteiger partial charge is 0.302 e. The second-order valence-electron chi connectivity index (χ2n) is 6.66. The van der Waals surface area contributed by atoms with E-state index in [-0.39, 0.29) is 28.5 Å². The topological polar surface area (TPSA) is 177 Å². The van der Waals surface area contributed by atoms with E-state index in [9.17, 15) is 13.2 Å². The first-order chi connectivity index (χ1) is 11.7. The molecule has 146 valence electrons. The second kappa shape index (κ2) is 8.01. The monoisotopic (exact) mass is 406 g/mol. The SMILES string of the molecule is CC(C)Nc1nc(N)c(C(=O)/N=C(/N)NS(=O)(=O)NC(C)(C)C)nc1Cl. The van der Waals surface area contributed by atoms with E-state index in [2.05, 4.69) is 25.0 Å². The molecular weight excluding hydrogens is 384 g/mol. The third kappa shape index (κ3) is 6.98. The number of hydrogen-bond acceptors (Lipinski definition) is 7. The number of hydrogen-bond donors (Lipinski definition) is 5. The molecule has 1 amide bonds. The van der Waals surface area contributed by atoms with Crippen molar-refractivity contribution < 1.29 is 13.2 Å². The van der Waals surface area contributed by atoms with Crippen molar-refractivity contribution >= 4 is 45.3 Å². The third-order valence-electron chi connectivity index (χ3n) is 2.41. The average Bonchev–Trinajstić information content (AvgIpc) is 2.37. The Morgan fingerprint density at radius 1 is 1.27 bits per heavy atom. The number of amides is 1. The normalized spacial score (nSPS) is 13.0. The lowest BCUT2D eigenvalue weighted by Gasteiger charge is -2.20. The summed E-state index contributed by atoms with van der Waals surface area (Å²) >= 11 is 5.96. The van der Waals surface area contributed by atoms with Crippen LogP contribution in [0.5, 0.6) is 0 Å². The summed E-state index contributed by atoms with van der Waals surface area (Å²) in [5.41, 5.74) is 10.1. The number of aromatic nitrogens is 2. The van der Waals surface area contributed by atoms with Gasteiger partial charge in [0.1, 0.15) is 0 Å². The fraction of sp³-hybridized carbons (Fsp3) is 0.538. The number of aliphatic imine (C=N–C) groups is 1. The van der Waals surface area contributed by atoms with E-state index in [4.69, 9.17) is 23.1 Å². The Morgan fingerprint density at radius 3 is 2.35 bits per heavy atom. The van der Waals surface area contributed by atoms with Crippen molar-refractivity contribution in [2.24, 2.45) is 10.7 Å². The average molecular weight is 407 g/mol. The lowest BCUT2D eigenvalue weighted by atomic mass is 10.1. The van der Waals surface area contributed by atoms with Crippen LogP contribution in [-0.4, -0.2) is 41.8 Å². The van der Waals surface area contributed by atoms with Gasteiger partial charge in [0.05, 0.1) is 0 Å². The molecule has 7 N–H and O–H groups in total. The molecule has 1 aromatic rings. The molecule has 0 aliphatic carbocycles. The molecule has 0 saturated heterocycles. The lowest BCUT2D eigenvalue weighted by molar-refractivity contribution is 0.0998. The Balaban J connectivity index is 3.02. The van der Waals surface area contributed by atoms with Crippen LogP contribution in [0.1, 0.15) is 45.1 Å². The van der Waals surface area contributed by atoms with Crippen molar-refractivity contribution in [3.05, 3.63) is 10.8 Å². The predicted octanol–water partition coefficient (Wildman–Crippen LogP) is 0.210. The van der Waals surface area contributed by atoms with E-state index in [0.717, 1.165) is 0 Å². The van der Waals surface area contributed by atoms with Crippen LogP contribution in [0, 0.1) is 0 Å². The van der Waals surface area contributed by atoms with Crippen LogP contribution >= 0.6 is 11.6 Å². The molecule has 0 aliphatic rings. The summed E-state index contributed by atoms with van der Waals surface area (Å²) in [5.74, 6) is -1.67. The van der Waals surface area contributed by atoms with Gasteiger partial charge in [0.25, 0.3) is 0 Å². The summed E-state index contributed by atoms with van der Waals surface area (Å²) in [5, 5.41) is 2.83. The van der Waals surface area contributed by atoms with Gasteiger partial charge >= 0.3 is 16.1 Å². The summed E-state index contributed by atoms with van der Waals surface area (Å²) in [7, 11) is -4.02. The summed E-state index contributed by atoms with van der Waals surface area (Å²) in [4.78, 5) is 23.4. The molecule has 0 atom stereocenters. The fourth-order valence-corrected chi connectivity index (χ4v) is 3.06. The van der Waals surface area contributed by atoms with Gasteiger partial charge in [-0.25, -0.2) is 14.7 Å². The van der Waals surface area contributed by atoms with Crippen molar-refractivity contribution in [2.75, 3.05) is 11.1 Å². The Hall–Kier alpha value is -2.18. The van der Waals surface area contributed by atoms with Crippen LogP contribution in [0.4, 0.5) is 11.6 Å². The Morgan fingerprint density at radius 2 is 1.85 bits per heavy atom. The van der Waals surface area contributed by atoms with Crippen LogP contribution in [0.2, 0.25) is 5.15 Å². The highest BCUT2D eigenvalue weighted by molar-refractivity contribution is 7.88. The van der Waals surface area contributed by atoms with Crippen LogP contribution < -0.4 is 26.2 Å². The van der Waals surface area contributed by atoms with Crippen molar-refractivity contribution in [3.8, 4) is 0 Å². The van der Waals surface area contributed by atoms with E-state index in [1.165, 1.54) is 0 Å². The van der Waals surface area contributed by atoms with Crippen LogP contribution in [-0.2, 0) is 10.2 Å². The van der Waals surface area contributed by atoms with E-state index >= 15 is 0 Å². The molecule has 1 heterocycles. The number of nitrogens with zero attached hydrogens (tertiary/aromatic N) is 3. The number of nitrogens with two attached hydrogens (primary N) is 2. The maximum Gasteiger partial charge on any atom is 0.302 e. The Kier molecular flexibility index (Phi) is 6.74. The zero-order valence-corrected chi connectivity index (χ0v) is 16.7. The van der Waals surface area contributed by atoms with Crippen molar-refractivity contribution in [1.82, 2.24) is 19.4 Å². The lowest BCUT2D eigenvalue weighted by Crippen LogP contribution is -2.50. The standard InChI is InChI=1S/C13H23ClN8O3S/c1-6(2)17-10-8(14)18-7(9(15)19-10)11(23)20-12(16)21-26(24,25)22-13(3,4)5/h6,22H,1-5H3,(H3,15,17,19)(H3,16,20,21,23). The van der Waals surface area contributed by atoms with Crippen LogP contribution in [0.3, 0.4) is 0 Å². The number of nitrogen functional groups attached to an aromatic ring is 1. The molecule has 0 spiro atoms. The van der Waals surface area contributed by atoms with Gasteiger partial charge in [-0.15, -0.1) is 0 Å². The van der Waals surface area contributed by atoms with Gasteiger partial charge < -0.3 is 16.8 Å². The quantitative estimate of drug-likeness (QED) is 0.340. The van der Waals surface area contributed by atoms with Gasteiger partial charge in [-0.1, -0.05) is 11.6 Å². The Bertz CT molecular complexity index is 817. The van der Waals surface area contributed by atoms with Crippen molar-refractivity contribution in [2.45, 2.75) is 46.2 Å². The largest absolute Gasteiger partial charge is 0.382 e. The molecule has 0 fully saturated rings. The highest BCUT2D eigenvalue weighted by atomic mass is 35.5. The molecular formula is C13H23ClN8O3S. The summed E-state index contributed by atoms with van der Waals surface area (Å²) in [6.07, 6.45) is 0. The summed E-state index contributed by atoms with van der Waals surface area (Å²) in [6, 6.07) is 0.0149. The van der Waals surface area contributed by atoms with Gasteiger partial charge in [-0.3, -0.25) is 4.79 Å². The molecule has 26 heavy (non-hydrogen) atoms. The molecule has 0 saturated carbocycles. The number of carbonyl (C=O) groups excluding carboxylic acids is 1. The minimum atomic E-state index is -4.02. The zero-order valence-electron chi connectivity index (χ0n) is 15.1. The third-order valence-corrected chi connectivity index (χ3v) is 4.03. The molecule has 1 rings (SSSR count). The maximum absolute atomic E-state index is 12.1. The number of anilines is 2. The minimum absolute atomic E-state index is 0.0149. The van der Waals surface area contributed by atoms with Gasteiger partial charge in [0, 0.05) is 11.6 Å². The second-order valence-corrected chi connectivity index (χ2v) is 8.43. The highest BCUT2D eigenvalue weighted by Crippen LogP contribution is 2.21. The molecule has 0 bridgehead atoms. The fourth-order valence-electron chi connectivity index (χ4n) is 1.70. The zero-order chi connectivity index (χ0) is 20.3. The molecule has 0 radical (unpaired) electrons. The van der Waals surface area contributed by atoms with Gasteiger partial charge in [0.15, 0.2) is 22.5 Å². The van der Waals surface area contributed by atoms with E-state index in [1.54, 1.807) is 20.8 Å². The number of carbonyl (C=O) groups is 1. The highest BCUT2D eigenvalue weighted by Gasteiger charge is 2.22. The van der Waals surface area contributed by atoms with Gasteiger partial charge in [0.2, 0.25) is 5.96 Å². The number of nitrogens with one attached hydrogen (secondary N) is 3. The van der Waals surface area contributed by atoms with Crippen molar-refractivity contribution in [3.63, 3.8) is 0 Å². The van der Waals surface area contributed by atoms with Crippen LogP contribution in [0.25, 0.3) is 0 Å². The molecule has 0 aromatic carbocycles. The number of rotatable bonds is 5. The summed E-state index contributed by atoms with van der Waals surface area (Å²) in [6.45, 7) is 8.62. The van der Waals surface area contributed by atoms with Crippen LogP contribution in [0.15, 0.2) is 4.99 Å². The Labute approximate surface area is 157 Å². The van der Waals surface area contributed by atoms with E-state index < -0.39 is 27.6 Å². The maximum atomic E-state index is 12.1. The molecule has 0 aliphatic heterocycles. The van der Waals surface area contributed by atoms with Gasteiger partial charge in [-0.2, -0.15) is 18.1 Å². The first-order valence-electron chi connectivity index (χ1n) is 7.50. The molecule has 13 heteroatoms. The number of halogens is 1. The van der Waals surface area contributed by atoms with Gasteiger partial charge in [-0.05, 0) is 34.6 Å². The summed E-state index contributed by atoms with van der Waals surface area (Å²) < 4.78 is 27.9. The minimum Gasteiger partial charge on any atom is -0.382 e. The first-order valence-corrected chi connectivity index (χ1v) is 9.36. The van der Waals surface area contributed by atoms with Crippen molar-refractivity contribution in [1.29, 1.82) is 0 Å². The number of guanidine groups is 1. The molecule has 11 nitrogen and oxygen atoms in total. The van der Waals surface area contributed by atoms with E-state index in [0.29, 0.717) is 0 Å². The predicted molar refractivity (Wildman–Crippen MR) is 101 cm³/mol. The first kappa shape index (κ1) is 21.9. The molecule has 0 unspecified atom stereocenters. The van der Waals surface area contributed by atoms with E-state index in [1.807, 2.05) is 18.6 Å².